The molecular weight excluding hydrogens is 454 g/mol. The Labute approximate surface area is 212 Å². The number of hydrogen-bond acceptors (Lipinski definition) is 6. The Bertz CT molecular complexity index is 1140. The number of rotatable bonds is 8. The smallest absolute Gasteiger partial charge is 0.254 e. The lowest BCUT2D eigenvalue weighted by atomic mass is 10.1. The van der Waals surface area contributed by atoms with Gasteiger partial charge in [-0.25, -0.2) is 0 Å². The van der Waals surface area contributed by atoms with Crippen LogP contribution >= 0.6 is 0 Å². The second-order valence-electron chi connectivity index (χ2n) is 8.93. The van der Waals surface area contributed by atoms with Crippen molar-refractivity contribution in [3.8, 4) is 17.0 Å². The maximum absolute atomic E-state index is 13.2. The summed E-state index contributed by atoms with van der Waals surface area (Å²) in [6.07, 6.45) is 0.764. The molecule has 0 spiro atoms. The number of aromatic nitrogens is 2. The summed E-state index contributed by atoms with van der Waals surface area (Å²) < 4.78 is 5.19. The predicted octanol–water partition coefficient (Wildman–Crippen LogP) is 3.74. The van der Waals surface area contributed by atoms with Crippen LogP contribution in [0.15, 0.2) is 66.7 Å². The van der Waals surface area contributed by atoms with E-state index < -0.39 is 0 Å². The number of nitrogens with zero attached hydrogens (tertiary/aromatic N) is 5. The number of hydrogen-bond donors (Lipinski definition) is 0. The molecule has 1 aliphatic rings. The molecule has 1 unspecified atom stereocenters. The highest BCUT2D eigenvalue weighted by atomic mass is 16.5. The molecule has 4 rings (SSSR count). The summed E-state index contributed by atoms with van der Waals surface area (Å²) in [6, 6.07) is 20.9. The minimum Gasteiger partial charge on any atom is -0.497 e. The summed E-state index contributed by atoms with van der Waals surface area (Å²) in [5.74, 6) is 1.31. The summed E-state index contributed by atoms with van der Waals surface area (Å²) in [5, 5.41) is 8.79. The van der Waals surface area contributed by atoms with Crippen molar-refractivity contribution >= 4 is 17.6 Å². The summed E-state index contributed by atoms with van der Waals surface area (Å²) in [5.41, 5.74) is 2.41. The number of anilines is 1. The van der Waals surface area contributed by atoms with Crippen LogP contribution in [0.2, 0.25) is 0 Å². The van der Waals surface area contributed by atoms with Crippen molar-refractivity contribution in [2.45, 2.75) is 26.3 Å². The number of ether oxygens (including phenoxy) is 1. The van der Waals surface area contributed by atoms with Gasteiger partial charge in [0.25, 0.3) is 5.91 Å². The molecule has 0 N–H and O–H groups in total. The van der Waals surface area contributed by atoms with E-state index in [0.717, 1.165) is 23.5 Å². The van der Waals surface area contributed by atoms with Gasteiger partial charge in [-0.05, 0) is 49.7 Å². The summed E-state index contributed by atoms with van der Waals surface area (Å²) in [4.78, 5) is 32.0. The van der Waals surface area contributed by atoms with Gasteiger partial charge in [-0.15, -0.1) is 10.2 Å². The third-order valence-corrected chi connectivity index (χ3v) is 6.70. The monoisotopic (exact) mass is 487 g/mol. The van der Waals surface area contributed by atoms with Crippen molar-refractivity contribution in [2.24, 2.45) is 0 Å². The Balaban J connectivity index is 1.36. The maximum atomic E-state index is 13.2. The molecular formula is C28H33N5O3. The molecule has 0 bridgehead atoms. The van der Waals surface area contributed by atoms with Gasteiger partial charge >= 0.3 is 0 Å². The topological polar surface area (TPSA) is 78.9 Å². The molecule has 1 aliphatic heterocycles. The Morgan fingerprint density at radius 1 is 0.944 bits per heavy atom. The molecule has 1 saturated heterocycles. The molecule has 188 valence electrons. The van der Waals surface area contributed by atoms with E-state index in [-0.39, 0.29) is 24.4 Å². The minimum atomic E-state index is -0.146. The Hall–Kier alpha value is -3.94. The van der Waals surface area contributed by atoms with Crippen molar-refractivity contribution < 1.29 is 14.3 Å². The third kappa shape index (κ3) is 5.82. The molecule has 2 amide bonds. The molecule has 2 aromatic carbocycles. The fourth-order valence-electron chi connectivity index (χ4n) is 4.24. The van der Waals surface area contributed by atoms with E-state index in [2.05, 4.69) is 15.1 Å². The molecule has 36 heavy (non-hydrogen) atoms. The van der Waals surface area contributed by atoms with E-state index in [1.807, 2.05) is 61.2 Å². The molecule has 8 heteroatoms. The number of carbonyl (C=O) groups is 2. The molecule has 3 aromatic rings. The zero-order valence-electron chi connectivity index (χ0n) is 21.1. The zero-order valence-corrected chi connectivity index (χ0v) is 21.1. The van der Waals surface area contributed by atoms with E-state index in [1.165, 1.54) is 0 Å². The van der Waals surface area contributed by atoms with Gasteiger partial charge in [-0.2, -0.15) is 0 Å². The molecule has 1 aromatic heterocycles. The minimum absolute atomic E-state index is 0.0395. The van der Waals surface area contributed by atoms with Crippen LogP contribution in [0.1, 0.15) is 30.6 Å². The molecule has 0 radical (unpaired) electrons. The van der Waals surface area contributed by atoms with Crippen molar-refractivity contribution in [1.29, 1.82) is 0 Å². The summed E-state index contributed by atoms with van der Waals surface area (Å²) in [7, 11) is 1.59. The van der Waals surface area contributed by atoms with Crippen LogP contribution < -0.4 is 9.64 Å². The summed E-state index contributed by atoms with van der Waals surface area (Å²) in [6.45, 7) is 6.54. The van der Waals surface area contributed by atoms with Crippen LogP contribution in [0.25, 0.3) is 11.3 Å². The first-order valence-corrected chi connectivity index (χ1v) is 12.4. The highest BCUT2D eigenvalue weighted by molar-refractivity contribution is 5.96. The van der Waals surface area contributed by atoms with E-state index in [1.54, 1.807) is 36.3 Å². The molecule has 8 nitrogen and oxygen atoms in total. The van der Waals surface area contributed by atoms with Crippen LogP contribution in [0, 0.1) is 0 Å². The second-order valence-corrected chi connectivity index (χ2v) is 8.93. The lowest BCUT2D eigenvalue weighted by molar-refractivity contribution is -0.132. The lowest BCUT2D eigenvalue weighted by Gasteiger charge is -2.37. The van der Waals surface area contributed by atoms with Gasteiger partial charge < -0.3 is 19.4 Å². The first-order valence-electron chi connectivity index (χ1n) is 12.4. The standard InChI is InChI=1S/C28H33N5O3/c1-4-21(2)33(28(35)23-10-12-24(36-3)13-11-23)20-27(34)32-18-16-31(17-19-32)26-15-14-25(29-30-26)22-8-6-5-7-9-22/h5-15,21H,4,16-20H2,1-3H3. The van der Waals surface area contributed by atoms with E-state index >= 15 is 0 Å². The average Bonchev–Trinajstić information content (AvgIpc) is 2.95. The van der Waals surface area contributed by atoms with Gasteiger partial charge in [-0.1, -0.05) is 37.3 Å². The van der Waals surface area contributed by atoms with Crippen molar-refractivity contribution in [3.63, 3.8) is 0 Å². The highest BCUT2D eigenvalue weighted by Gasteiger charge is 2.28. The normalized spacial score (nSPS) is 14.3. The SMILES string of the molecule is CCC(C)N(CC(=O)N1CCN(c2ccc(-c3ccccc3)nn2)CC1)C(=O)c1ccc(OC)cc1. The quantitative estimate of drug-likeness (QED) is 0.482. The number of amides is 2. The van der Waals surface area contributed by atoms with Gasteiger partial charge in [0.05, 0.1) is 12.8 Å². The Morgan fingerprint density at radius 3 is 2.22 bits per heavy atom. The fourth-order valence-corrected chi connectivity index (χ4v) is 4.24. The molecule has 0 aliphatic carbocycles. The Kier molecular flexibility index (Phi) is 8.15. The van der Waals surface area contributed by atoms with Crippen LogP contribution in [0.3, 0.4) is 0 Å². The van der Waals surface area contributed by atoms with Gasteiger partial charge in [0.2, 0.25) is 5.91 Å². The van der Waals surface area contributed by atoms with Gasteiger partial charge in [0.15, 0.2) is 5.82 Å². The van der Waals surface area contributed by atoms with Crippen LogP contribution in [-0.2, 0) is 4.79 Å². The number of methoxy groups -OCH3 is 1. The zero-order chi connectivity index (χ0) is 25.5. The van der Waals surface area contributed by atoms with E-state index in [9.17, 15) is 9.59 Å². The first-order chi connectivity index (χ1) is 17.5. The number of carbonyl (C=O) groups excluding carboxylic acids is 2. The van der Waals surface area contributed by atoms with Crippen molar-refractivity contribution in [2.75, 3.05) is 44.7 Å². The molecule has 0 saturated carbocycles. The first kappa shape index (κ1) is 25.2. The van der Waals surface area contributed by atoms with Gasteiger partial charge in [-0.3, -0.25) is 9.59 Å². The molecule has 1 atom stereocenters. The van der Waals surface area contributed by atoms with Crippen molar-refractivity contribution in [3.05, 3.63) is 72.3 Å². The lowest BCUT2D eigenvalue weighted by Crippen LogP contribution is -2.53. The van der Waals surface area contributed by atoms with E-state index in [0.29, 0.717) is 37.5 Å². The highest BCUT2D eigenvalue weighted by Crippen LogP contribution is 2.20. The average molecular weight is 488 g/mol. The fraction of sp³-hybridized carbons (Fsp3) is 0.357. The van der Waals surface area contributed by atoms with Crippen LogP contribution in [0.5, 0.6) is 5.75 Å². The second kappa shape index (κ2) is 11.7. The van der Waals surface area contributed by atoms with Crippen LogP contribution in [0.4, 0.5) is 5.82 Å². The predicted molar refractivity (Wildman–Crippen MR) is 140 cm³/mol. The Morgan fingerprint density at radius 2 is 1.64 bits per heavy atom. The van der Waals surface area contributed by atoms with Crippen LogP contribution in [-0.4, -0.2) is 77.7 Å². The largest absolute Gasteiger partial charge is 0.497 e. The van der Waals surface area contributed by atoms with Crippen molar-refractivity contribution in [1.82, 2.24) is 20.0 Å². The van der Waals surface area contributed by atoms with Gasteiger partial charge in [0.1, 0.15) is 12.3 Å². The third-order valence-electron chi connectivity index (χ3n) is 6.70. The number of benzene rings is 2. The molecule has 2 heterocycles. The summed E-state index contributed by atoms with van der Waals surface area (Å²) >= 11 is 0. The number of piperazine rings is 1. The maximum Gasteiger partial charge on any atom is 0.254 e. The van der Waals surface area contributed by atoms with E-state index in [4.69, 9.17) is 4.74 Å². The molecule has 1 fully saturated rings. The van der Waals surface area contributed by atoms with Gasteiger partial charge in [0, 0.05) is 43.3 Å².